The molecule has 0 aromatic rings. The third kappa shape index (κ3) is 3.54. The maximum absolute atomic E-state index is 10.5. The third-order valence-corrected chi connectivity index (χ3v) is 5.32. The molecule has 1 saturated carbocycles. The molecule has 0 aromatic heterocycles. The van der Waals surface area contributed by atoms with Gasteiger partial charge in [0.2, 0.25) is 0 Å². The summed E-state index contributed by atoms with van der Waals surface area (Å²) in [7, 11) is 2.14. The average Bonchev–Trinajstić information content (AvgIpc) is 3.35. The second kappa shape index (κ2) is 6.57. The first kappa shape index (κ1) is 15.2. The minimum absolute atomic E-state index is 0.155. The number of rotatable bonds is 6. The van der Waals surface area contributed by atoms with Gasteiger partial charge in [0.05, 0.1) is 12.7 Å². The van der Waals surface area contributed by atoms with Crippen LogP contribution in [0.5, 0.6) is 0 Å². The number of ether oxygens (including phenoxy) is 1. The molecule has 0 amide bonds. The van der Waals surface area contributed by atoms with E-state index in [1.54, 1.807) is 0 Å². The van der Waals surface area contributed by atoms with Crippen molar-refractivity contribution in [2.24, 2.45) is 11.7 Å². The summed E-state index contributed by atoms with van der Waals surface area (Å²) in [5, 5.41) is 10.4. The van der Waals surface area contributed by atoms with Crippen molar-refractivity contribution in [3.63, 3.8) is 0 Å². The van der Waals surface area contributed by atoms with Crippen LogP contribution in [-0.2, 0) is 4.74 Å². The molecule has 1 aliphatic heterocycles. The van der Waals surface area contributed by atoms with Crippen LogP contribution >= 0.6 is 0 Å². The smallest absolute Gasteiger partial charge is 0.122 e. The zero-order valence-corrected chi connectivity index (χ0v) is 12.9. The second-order valence-corrected chi connectivity index (χ2v) is 6.93. The molecule has 3 nitrogen and oxygen atoms in total. The van der Waals surface area contributed by atoms with Crippen molar-refractivity contribution in [2.45, 2.75) is 62.7 Å². The number of aliphatic hydroxyl groups excluding tert-OH is 1. The van der Waals surface area contributed by atoms with E-state index in [0.717, 1.165) is 43.0 Å². The predicted molar refractivity (Wildman–Crippen MR) is 86.2 cm³/mol. The second-order valence-electron chi connectivity index (χ2n) is 6.93. The van der Waals surface area contributed by atoms with E-state index < -0.39 is 6.10 Å². The summed E-state index contributed by atoms with van der Waals surface area (Å²) in [6.07, 6.45) is 13.3. The lowest BCUT2D eigenvalue weighted by Crippen LogP contribution is -2.28. The van der Waals surface area contributed by atoms with Crippen LogP contribution in [0, 0.1) is 5.92 Å². The SMILES string of the molecule is NC[C@@]1([C@@H](O)C2=CC(OCC3CCCCC3)=CCC2)[B]C1. The fourth-order valence-corrected chi connectivity index (χ4v) is 3.58. The standard InChI is InChI=1S/C17H27BNO2/c19-12-17(11-18-17)16(20)14-7-4-8-15(9-14)21-10-13-5-2-1-3-6-13/h8-9,13,16,20H,1-7,10-12,19H2/t16-,17-/m0/s1. The largest absolute Gasteiger partial charge is 0.494 e. The number of nitrogens with two attached hydrogens (primary N) is 1. The third-order valence-electron chi connectivity index (χ3n) is 5.32. The molecule has 1 heterocycles. The minimum atomic E-state index is -0.426. The summed E-state index contributed by atoms with van der Waals surface area (Å²) >= 11 is 0. The van der Waals surface area contributed by atoms with E-state index >= 15 is 0 Å². The van der Waals surface area contributed by atoms with Crippen LogP contribution in [0.1, 0.15) is 44.9 Å². The van der Waals surface area contributed by atoms with E-state index in [1.807, 2.05) is 0 Å². The molecule has 115 valence electrons. The van der Waals surface area contributed by atoms with Crippen LogP contribution in [0.25, 0.3) is 0 Å². The molecule has 3 N–H and O–H groups in total. The van der Waals surface area contributed by atoms with Crippen molar-refractivity contribution in [1.82, 2.24) is 0 Å². The predicted octanol–water partition coefficient (Wildman–Crippen LogP) is 2.80. The summed E-state index contributed by atoms with van der Waals surface area (Å²) in [5.74, 6) is 1.67. The van der Waals surface area contributed by atoms with Gasteiger partial charge in [0.1, 0.15) is 13.0 Å². The first-order valence-corrected chi connectivity index (χ1v) is 8.49. The van der Waals surface area contributed by atoms with Crippen molar-refractivity contribution in [1.29, 1.82) is 0 Å². The van der Waals surface area contributed by atoms with Gasteiger partial charge in [-0.3, -0.25) is 0 Å². The fraction of sp³-hybridized carbons (Fsp3) is 0.765. The molecule has 2 atom stereocenters. The van der Waals surface area contributed by atoms with E-state index in [2.05, 4.69) is 19.4 Å². The molecule has 2 aliphatic carbocycles. The highest BCUT2D eigenvalue weighted by atomic mass is 16.5. The van der Waals surface area contributed by atoms with Gasteiger partial charge < -0.3 is 15.6 Å². The molecular weight excluding hydrogens is 261 g/mol. The molecule has 21 heavy (non-hydrogen) atoms. The van der Waals surface area contributed by atoms with E-state index in [9.17, 15) is 5.11 Å². The van der Waals surface area contributed by atoms with Gasteiger partial charge in [-0.2, -0.15) is 0 Å². The Kier molecular flexibility index (Phi) is 4.75. The first-order valence-electron chi connectivity index (χ1n) is 8.49. The highest BCUT2D eigenvalue weighted by molar-refractivity contribution is 6.54. The minimum Gasteiger partial charge on any atom is -0.494 e. The summed E-state index contributed by atoms with van der Waals surface area (Å²) in [5.41, 5.74) is 6.90. The quantitative estimate of drug-likeness (QED) is 0.739. The van der Waals surface area contributed by atoms with Crippen LogP contribution in [0.3, 0.4) is 0 Å². The number of hydrogen-bond donors (Lipinski definition) is 2. The first-order chi connectivity index (χ1) is 10.2. The topological polar surface area (TPSA) is 55.5 Å². The normalized spacial score (nSPS) is 31.0. The monoisotopic (exact) mass is 288 g/mol. The van der Waals surface area contributed by atoms with Crippen molar-refractivity contribution in [3.05, 3.63) is 23.5 Å². The molecule has 3 aliphatic rings. The Morgan fingerprint density at radius 2 is 2.14 bits per heavy atom. The Labute approximate surface area is 128 Å². The number of hydrogen-bond acceptors (Lipinski definition) is 3. The number of allylic oxidation sites excluding steroid dienone is 2. The molecule has 2 fully saturated rings. The van der Waals surface area contributed by atoms with Crippen LogP contribution in [0.4, 0.5) is 0 Å². The zero-order chi connectivity index (χ0) is 14.7. The van der Waals surface area contributed by atoms with Crippen LogP contribution in [0.15, 0.2) is 23.5 Å². The van der Waals surface area contributed by atoms with Gasteiger partial charge in [0, 0.05) is 0 Å². The Bertz CT molecular complexity index is 423. The van der Waals surface area contributed by atoms with Crippen molar-refractivity contribution < 1.29 is 9.84 Å². The van der Waals surface area contributed by atoms with E-state index in [0.29, 0.717) is 6.54 Å². The van der Waals surface area contributed by atoms with Crippen LogP contribution in [-0.4, -0.2) is 31.6 Å². The Hall–Kier alpha value is -0.735. The Morgan fingerprint density at radius 1 is 1.38 bits per heavy atom. The number of aliphatic hydroxyl groups is 1. The maximum atomic E-state index is 10.5. The molecule has 0 aromatic carbocycles. The van der Waals surface area contributed by atoms with Gasteiger partial charge >= 0.3 is 0 Å². The summed E-state index contributed by atoms with van der Waals surface area (Å²) in [6, 6.07) is 0. The van der Waals surface area contributed by atoms with Gasteiger partial charge in [-0.15, -0.1) is 0 Å². The highest BCUT2D eigenvalue weighted by Crippen LogP contribution is 2.51. The lowest BCUT2D eigenvalue weighted by molar-refractivity contribution is 0.144. The molecule has 0 bridgehead atoms. The average molecular weight is 288 g/mol. The van der Waals surface area contributed by atoms with Crippen molar-refractivity contribution >= 4 is 7.28 Å². The van der Waals surface area contributed by atoms with Crippen LogP contribution in [0.2, 0.25) is 11.6 Å². The lowest BCUT2D eigenvalue weighted by Gasteiger charge is -2.27. The summed E-state index contributed by atoms with van der Waals surface area (Å²) < 4.78 is 6.00. The molecule has 4 heteroatoms. The summed E-state index contributed by atoms with van der Waals surface area (Å²) in [4.78, 5) is 0. The molecular formula is C17H27BNO2. The molecule has 0 unspecified atom stereocenters. The van der Waals surface area contributed by atoms with E-state index in [1.165, 1.54) is 32.1 Å². The van der Waals surface area contributed by atoms with Gasteiger partial charge in [0.15, 0.2) is 0 Å². The Balaban J connectivity index is 1.55. The molecule has 0 spiro atoms. The van der Waals surface area contributed by atoms with Gasteiger partial charge in [-0.05, 0) is 61.2 Å². The van der Waals surface area contributed by atoms with Crippen molar-refractivity contribution in [3.8, 4) is 0 Å². The van der Waals surface area contributed by atoms with Gasteiger partial charge in [-0.25, -0.2) is 0 Å². The fourth-order valence-electron chi connectivity index (χ4n) is 3.58. The molecule has 1 radical (unpaired) electrons. The van der Waals surface area contributed by atoms with Gasteiger partial charge in [-0.1, -0.05) is 25.6 Å². The zero-order valence-electron chi connectivity index (χ0n) is 12.9. The van der Waals surface area contributed by atoms with E-state index in [-0.39, 0.29) is 5.31 Å². The molecule has 1 saturated heterocycles. The summed E-state index contributed by atoms with van der Waals surface area (Å²) in [6.45, 7) is 1.37. The lowest BCUT2D eigenvalue weighted by atomic mass is 9.78. The van der Waals surface area contributed by atoms with Crippen molar-refractivity contribution in [2.75, 3.05) is 13.2 Å². The Morgan fingerprint density at radius 3 is 2.81 bits per heavy atom. The van der Waals surface area contributed by atoms with Crippen LogP contribution < -0.4 is 5.73 Å². The van der Waals surface area contributed by atoms with E-state index in [4.69, 9.17) is 10.5 Å². The maximum Gasteiger partial charge on any atom is 0.122 e. The molecule has 3 rings (SSSR count). The highest BCUT2D eigenvalue weighted by Gasteiger charge is 2.49. The van der Waals surface area contributed by atoms with Gasteiger partial charge in [0.25, 0.3) is 0 Å².